The molecule has 2 atom stereocenters. The van der Waals surface area contributed by atoms with Crippen LogP contribution in [0.15, 0.2) is 11.1 Å². The highest BCUT2D eigenvalue weighted by Crippen LogP contribution is 2.34. The maximum atomic E-state index is 9.16. The van der Waals surface area contributed by atoms with E-state index >= 15 is 0 Å². The summed E-state index contributed by atoms with van der Waals surface area (Å²) in [7, 11) is 0. The molecule has 0 aromatic rings. The highest BCUT2D eigenvalue weighted by atomic mass is 16.5. The van der Waals surface area contributed by atoms with Crippen molar-refractivity contribution in [1.29, 1.82) is 0 Å². The fourth-order valence-electron chi connectivity index (χ4n) is 2.21. The van der Waals surface area contributed by atoms with Crippen molar-refractivity contribution in [3.63, 3.8) is 0 Å². The molecule has 1 rings (SSSR count). The van der Waals surface area contributed by atoms with Gasteiger partial charge >= 0.3 is 0 Å². The van der Waals surface area contributed by atoms with Crippen molar-refractivity contribution in [1.82, 2.24) is 0 Å². The molecule has 0 radical (unpaired) electrons. The summed E-state index contributed by atoms with van der Waals surface area (Å²) >= 11 is 0. The largest absolute Gasteiger partial charge is 0.393 e. The lowest BCUT2D eigenvalue weighted by Crippen LogP contribution is -2.33. The van der Waals surface area contributed by atoms with Crippen molar-refractivity contribution < 1.29 is 9.84 Å². The van der Waals surface area contributed by atoms with Gasteiger partial charge in [0, 0.05) is 0 Å². The van der Waals surface area contributed by atoms with E-state index in [4.69, 9.17) is 9.84 Å². The maximum absolute atomic E-state index is 9.16. The van der Waals surface area contributed by atoms with Gasteiger partial charge in [0.1, 0.15) is 0 Å². The average molecular weight is 212 g/mol. The van der Waals surface area contributed by atoms with E-state index in [0.717, 1.165) is 6.42 Å². The first-order valence-corrected chi connectivity index (χ1v) is 5.85. The van der Waals surface area contributed by atoms with Crippen LogP contribution in [0.5, 0.6) is 0 Å². The van der Waals surface area contributed by atoms with Gasteiger partial charge in [-0.1, -0.05) is 12.5 Å². The van der Waals surface area contributed by atoms with Gasteiger partial charge in [0.05, 0.1) is 18.3 Å². The summed E-state index contributed by atoms with van der Waals surface area (Å²) in [6.45, 7) is 10.5. The first kappa shape index (κ1) is 12.7. The summed E-state index contributed by atoms with van der Waals surface area (Å²) in [4.78, 5) is 0. The fourth-order valence-corrected chi connectivity index (χ4v) is 2.21. The second-order valence-electron chi connectivity index (χ2n) is 5.33. The van der Waals surface area contributed by atoms with Crippen LogP contribution in [0.3, 0.4) is 0 Å². The summed E-state index contributed by atoms with van der Waals surface area (Å²) in [6, 6.07) is 0. The molecule has 2 heteroatoms. The Morgan fingerprint density at radius 1 is 1.53 bits per heavy atom. The molecule has 0 saturated carbocycles. The smallest absolute Gasteiger partial charge is 0.0864 e. The third-order valence-corrected chi connectivity index (χ3v) is 3.46. The molecule has 0 aromatic heterocycles. The summed E-state index contributed by atoms with van der Waals surface area (Å²) in [6.07, 6.45) is 2.53. The van der Waals surface area contributed by atoms with E-state index < -0.39 is 5.60 Å². The molecule has 0 spiro atoms. The van der Waals surface area contributed by atoms with Gasteiger partial charge in [0.2, 0.25) is 0 Å². The van der Waals surface area contributed by atoms with Crippen molar-refractivity contribution >= 4 is 0 Å². The molecular formula is C13H24O2. The Morgan fingerprint density at radius 3 is 2.53 bits per heavy atom. The molecule has 0 aromatic carbocycles. The zero-order chi connectivity index (χ0) is 11.6. The Hall–Kier alpha value is -0.340. The third-order valence-electron chi connectivity index (χ3n) is 3.46. The zero-order valence-electron chi connectivity index (χ0n) is 10.6. The molecule has 0 saturated heterocycles. The van der Waals surface area contributed by atoms with Crippen LogP contribution < -0.4 is 0 Å². The molecule has 15 heavy (non-hydrogen) atoms. The van der Waals surface area contributed by atoms with E-state index in [1.807, 2.05) is 13.8 Å². The van der Waals surface area contributed by atoms with Crippen LogP contribution in [0.1, 0.15) is 47.5 Å². The van der Waals surface area contributed by atoms with Crippen molar-refractivity contribution in [2.24, 2.45) is 5.92 Å². The molecule has 2 nitrogen and oxygen atoms in total. The van der Waals surface area contributed by atoms with Gasteiger partial charge in [-0.25, -0.2) is 0 Å². The van der Waals surface area contributed by atoms with Gasteiger partial charge in [0.25, 0.3) is 0 Å². The maximum Gasteiger partial charge on any atom is 0.0864 e. The van der Waals surface area contributed by atoms with Gasteiger partial charge in [-0.3, -0.25) is 0 Å². The average Bonchev–Trinajstić information content (AvgIpc) is 2.47. The first-order valence-electron chi connectivity index (χ1n) is 5.85. The highest BCUT2D eigenvalue weighted by molar-refractivity contribution is 5.23. The van der Waals surface area contributed by atoms with Gasteiger partial charge in [-0.05, 0) is 52.0 Å². The number of aliphatic hydroxyl groups is 1. The standard InChI is InChI=1S/C13H24O2/c1-9-6-7-12(10(9)2)11(3)15-13(4,5)8-14/h9,11,14H,6-8H2,1-5H3. The second-order valence-corrected chi connectivity index (χ2v) is 5.33. The number of ether oxygens (including phenoxy) is 1. The van der Waals surface area contributed by atoms with Crippen LogP contribution >= 0.6 is 0 Å². The fraction of sp³-hybridized carbons (Fsp3) is 0.846. The number of hydrogen-bond donors (Lipinski definition) is 1. The third kappa shape index (κ3) is 3.05. The van der Waals surface area contributed by atoms with E-state index in [9.17, 15) is 0 Å². The molecule has 2 unspecified atom stereocenters. The van der Waals surface area contributed by atoms with Crippen LogP contribution in [0, 0.1) is 5.92 Å². The minimum atomic E-state index is -0.432. The van der Waals surface area contributed by atoms with Gasteiger partial charge < -0.3 is 9.84 Å². The molecule has 0 fully saturated rings. The summed E-state index contributed by atoms with van der Waals surface area (Å²) in [5.41, 5.74) is 2.48. The van der Waals surface area contributed by atoms with Crippen LogP contribution in [0.25, 0.3) is 0 Å². The number of allylic oxidation sites excluding steroid dienone is 1. The molecule has 0 bridgehead atoms. The molecular weight excluding hydrogens is 188 g/mol. The summed E-state index contributed by atoms with van der Waals surface area (Å²) < 4.78 is 5.88. The van der Waals surface area contributed by atoms with E-state index in [-0.39, 0.29) is 12.7 Å². The summed E-state index contributed by atoms with van der Waals surface area (Å²) in [5, 5.41) is 9.16. The van der Waals surface area contributed by atoms with Gasteiger partial charge in [0.15, 0.2) is 0 Å². The minimum Gasteiger partial charge on any atom is -0.393 e. The second kappa shape index (κ2) is 4.67. The lowest BCUT2D eigenvalue weighted by atomic mass is 10.0. The van der Waals surface area contributed by atoms with E-state index in [2.05, 4.69) is 20.8 Å². The number of hydrogen-bond acceptors (Lipinski definition) is 2. The van der Waals surface area contributed by atoms with Crippen molar-refractivity contribution in [2.45, 2.75) is 59.2 Å². The molecule has 0 aliphatic heterocycles. The van der Waals surface area contributed by atoms with Crippen LogP contribution in [0.2, 0.25) is 0 Å². The molecule has 1 aliphatic carbocycles. The van der Waals surface area contributed by atoms with E-state index in [1.54, 1.807) is 0 Å². The molecule has 1 aliphatic rings. The summed E-state index contributed by atoms with van der Waals surface area (Å²) in [5.74, 6) is 0.697. The number of rotatable bonds is 4. The quantitative estimate of drug-likeness (QED) is 0.726. The number of aliphatic hydroxyl groups excluding tert-OH is 1. The van der Waals surface area contributed by atoms with Gasteiger partial charge in [-0.2, -0.15) is 0 Å². The topological polar surface area (TPSA) is 29.5 Å². The normalized spacial score (nSPS) is 24.8. The predicted octanol–water partition coefficient (Wildman–Crippen LogP) is 2.91. The molecule has 0 heterocycles. The Morgan fingerprint density at radius 2 is 2.13 bits per heavy atom. The van der Waals surface area contributed by atoms with Crippen LogP contribution in [-0.2, 0) is 4.74 Å². The van der Waals surface area contributed by atoms with Crippen LogP contribution in [0.4, 0.5) is 0 Å². The van der Waals surface area contributed by atoms with Crippen molar-refractivity contribution in [3.8, 4) is 0 Å². The molecule has 1 N–H and O–H groups in total. The van der Waals surface area contributed by atoms with E-state index in [0.29, 0.717) is 5.92 Å². The molecule has 88 valence electrons. The zero-order valence-corrected chi connectivity index (χ0v) is 10.6. The highest BCUT2D eigenvalue weighted by Gasteiger charge is 2.27. The van der Waals surface area contributed by atoms with Crippen molar-refractivity contribution in [2.75, 3.05) is 6.61 Å². The Labute approximate surface area is 93.3 Å². The van der Waals surface area contributed by atoms with Gasteiger partial charge in [-0.15, -0.1) is 0 Å². The SMILES string of the molecule is CC1=C(C(C)OC(C)(C)CO)CCC1C. The first-order chi connectivity index (χ1) is 6.87. The lowest BCUT2D eigenvalue weighted by molar-refractivity contribution is -0.0789. The predicted molar refractivity (Wildman–Crippen MR) is 62.8 cm³/mol. The Bertz CT molecular complexity index is 253. The monoisotopic (exact) mass is 212 g/mol. The Kier molecular flexibility index (Phi) is 3.96. The Balaban J connectivity index is 2.66. The lowest BCUT2D eigenvalue weighted by Gasteiger charge is -2.28. The van der Waals surface area contributed by atoms with Crippen molar-refractivity contribution in [3.05, 3.63) is 11.1 Å². The minimum absolute atomic E-state index is 0.0687. The molecule has 0 amide bonds. The van der Waals surface area contributed by atoms with Crippen LogP contribution in [-0.4, -0.2) is 23.4 Å². The van der Waals surface area contributed by atoms with E-state index in [1.165, 1.54) is 17.6 Å².